The van der Waals surface area contributed by atoms with Gasteiger partial charge in [0.1, 0.15) is 0 Å². The summed E-state index contributed by atoms with van der Waals surface area (Å²) in [7, 11) is 0. The molecule has 1 heterocycles. The van der Waals surface area contributed by atoms with Gasteiger partial charge in [0.15, 0.2) is 0 Å². The first kappa shape index (κ1) is 20.8. The summed E-state index contributed by atoms with van der Waals surface area (Å²) in [6.45, 7) is 5.63. The number of rotatable bonds is 4. The molecule has 0 bridgehead atoms. The summed E-state index contributed by atoms with van der Waals surface area (Å²) in [6.07, 6.45) is -3.19. The van der Waals surface area contributed by atoms with E-state index in [2.05, 4.69) is 6.92 Å². The third kappa shape index (κ3) is 4.86. The van der Waals surface area contributed by atoms with Gasteiger partial charge in [-0.2, -0.15) is 13.2 Å². The zero-order chi connectivity index (χ0) is 17.3. The van der Waals surface area contributed by atoms with Crippen LogP contribution in [0.5, 0.6) is 0 Å². The van der Waals surface area contributed by atoms with Gasteiger partial charge in [0.05, 0.1) is 5.56 Å². The van der Waals surface area contributed by atoms with Crippen LogP contribution in [0.25, 0.3) is 0 Å². The van der Waals surface area contributed by atoms with Crippen LogP contribution in [-0.4, -0.2) is 30.4 Å². The maximum absolute atomic E-state index is 12.7. The highest BCUT2D eigenvalue weighted by Crippen LogP contribution is 2.31. The first-order valence-electron chi connectivity index (χ1n) is 7.80. The minimum absolute atomic E-state index is 0. The summed E-state index contributed by atoms with van der Waals surface area (Å²) < 4.78 is 38.2. The molecular weight excluding hydrogens is 341 g/mol. The van der Waals surface area contributed by atoms with E-state index in [-0.39, 0.29) is 29.6 Å². The zero-order valence-electron chi connectivity index (χ0n) is 13.9. The average molecular weight is 365 g/mol. The van der Waals surface area contributed by atoms with Crippen LogP contribution in [0, 0.1) is 11.3 Å². The lowest BCUT2D eigenvalue weighted by Gasteiger charge is -2.25. The number of likely N-dealkylation sites (tertiary alicyclic amines) is 1. The summed E-state index contributed by atoms with van der Waals surface area (Å²) in [4.78, 5) is 14.3. The molecule has 2 unspecified atom stereocenters. The molecule has 3 nitrogen and oxygen atoms in total. The Morgan fingerprint density at radius 1 is 1.42 bits per heavy atom. The maximum Gasteiger partial charge on any atom is 0.416 e. The highest BCUT2D eigenvalue weighted by molar-refractivity contribution is 5.85. The predicted molar refractivity (Wildman–Crippen MR) is 89.9 cm³/mol. The quantitative estimate of drug-likeness (QED) is 0.888. The summed E-state index contributed by atoms with van der Waals surface area (Å²) in [5, 5.41) is 0. The van der Waals surface area contributed by atoms with E-state index in [1.807, 2.05) is 0 Å². The molecule has 1 amide bonds. The van der Waals surface area contributed by atoms with Crippen LogP contribution >= 0.6 is 12.4 Å². The van der Waals surface area contributed by atoms with E-state index in [1.54, 1.807) is 17.9 Å². The SMILES string of the molecule is CC(Cc1cccc(C(F)(F)F)c1)C(=O)N1CCC(C)(CN)C1.Cl. The first-order chi connectivity index (χ1) is 10.6. The van der Waals surface area contributed by atoms with Crippen molar-refractivity contribution in [3.8, 4) is 0 Å². The lowest BCUT2D eigenvalue weighted by Crippen LogP contribution is -2.37. The van der Waals surface area contributed by atoms with Crippen LogP contribution in [0.1, 0.15) is 31.4 Å². The molecule has 24 heavy (non-hydrogen) atoms. The average Bonchev–Trinajstić information content (AvgIpc) is 2.89. The highest BCUT2D eigenvalue weighted by atomic mass is 35.5. The molecule has 136 valence electrons. The predicted octanol–water partition coefficient (Wildman–Crippen LogP) is 3.50. The van der Waals surface area contributed by atoms with Crippen molar-refractivity contribution >= 4 is 18.3 Å². The second-order valence-corrected chi connectivity index (χ2v) is 6.83. The second kappa shape index (κ2) is 7.74. The fourth-order valence-corrected chi connectivity index (χ4v) is 3.01. The van der Waals surface area contributed by atoms with E-state index < -0.39 is 11.7 Å². The highest BCUT2D eigenvalue weighted by Gasteiger charge is 2.36. The van der Waals surface area contributed by atoms with Crippen LogP contribution in [0.2, 0.25) is 0 Å². The molecule has 1 saturated heterocycles. The lowest BCUT2D eigenvalue weighted by molar-refractivity contribution is -0.137. The van der Waals surface area contributed by atoms with E-state index in [0.29, 0.717) is 31.6 Å². The third-order valence-electron chi connectivity index (χ3n) is 4.58. The molecule has 2 rings (SSSR count). The van der Waals surface area contributed by atoms with Crippen LogP contribution in [0.15, 0.2) is 24.3 Å². The maximum atomic E-state index is 12.7. The van der Waals surface area contributed by atoms with Gasteiger partial charge in [0.2, 0.25) is 5.91 Å². The van der Waals surface area contributed by atoms with Crippen molar-refractivity contribution < 1.29 is 18.0 Å². The number of halogens is 4. The Balaban J connectivity index is 0.00000288. The number of hydrogen-bond acceptors (Lipinski definition) is 2. The molecule has 0 aliphatic carbocycles. The number of benzene rings is 1. The molecule has 0 radical (unpaired) electrons. The molecule has 0 aromatic heterocycles. The van der Waals surface area contributed by atoms with Crippen molar-refractivity contribution in [1.29, 1.82) is 0 Å². The summed E-state index contributed by atoms with van der Waals surface area (Å²) in [5.74, 6) is -0.363. The number of carbonyl (C=O) groups excluding carboxylic acids is 1. The zero-order valence-corrected chi connectivity index (χ0v) is 14.7. The standard InChI is InChI=1S/C17H23F3N2O.ClH/c1-12(15(23)22-7-6-16(2,10-21)11-22)8-13-4-3-5-14(9-13)17(18,19)20;/h3-5,9,12H,6-8,10-11,21H2,1-2H3;1H. The molecule has 0 saturated carbocycles. The molecular formula is C17H24ClF3N2O. The van der Waals surface area contributed by atoms with Gasteiger partial charge in [-0.15, -0.1) is 12.4 Å². The largest absolute Gasteiger partial charge is 0.416 e. The first-order valence-corrected chi connectivity index (χ1v) is 7.80. The van der Waals surface area contributed by atoms with Gasteiger partial charge >= 0.3 is 6.18 Å². The number of hydrogen-bond donors (Lipinski definition) is 1. The summed E-state index contributed by atoms with van der Waals surface area (Å²) in [6, 6.07) is 5.19. The van der Waals surface area contributed by atoms with E-state index >= 15 is 0 Å². The normalized spacial score (nSPS) is 22.2. The second-order valence-electron chi connectivity index (χ2n) is 6.83. The molecule has 1 aromatic rings. The van der Waals surface area contributed by atoms with Gasteiger partial charge in [-0.3, -0.25) is 4.79 Å². The molecule has 0 spiro atoms. The third-order valence-corrected chi connectivity index (χ3v) is 4.58. The van der Waals surface area contributed by atoms with Gasteiger partial charge in [0.25, 0.3) is 0 Å². The van der Waals surface area contributed by atoms with Gasteiger partial charge in [-0.25, -0.2) is 0 Å². The van der Waals surface area contributed by atoms with Gasteiger partial charge in [-0.05, 0) is 36.4 Å². The van der Waals surface area contributed by atoms with E-state index in [0.717, 1.165) is 18.6 Å². The van der Waals surface area contributed by atoms with Crippen LogP contribution < -0.4 is 5.73 Å². The summed E-state index contributed by atoms with van der Waals surface area (Å²) in [5.41, 5.74) is 5.55. The number of nitrogens with zero attached hydrogens (tertiary/aromatic N) is 1. The monoisotopic (exact) mass is 364 g/mol. The van der Waals surface area contributed by atoms with Crippen LogP contribution in [-0.2, 0) is 17.4 Å². The Labute approximate surface area is 146 Å². The van der Waals surface area contributed by atoms with Crippen molar-refractivity contribution in [3.63, 3.8) is 0 Å². The van der Waals surface area contributed by atoms with E-state index in [9.17, 15) is 18.0 Å². The number of carbonyl (C=O) groups is 1. The van der Waals surface area contributed by atoms with Gasteiger partial charge in [-0.1, -0.05) is 32.0 Å². The number of nitrogens with two attached hydrogens (primary N) is 1. The fourth-order valence-electron chi connectivity index (χ4n) is 3.01. The smallest absolute Gasteiger partial charge is 0.342 e. The van der Waals surface area contributed by atoms with Gasteiger partial charge < -0.3 is 10.6 Å². The molecule has 1 aliphatic heterocycles. The molecule has 2 atom stereocenters. The topological polar surface area (TPSA) is 46.3 Å². The Hall–Kier alpha value is -1.27. The minimum Gasteiger partial charge on any atom is -0.342 e. The van der Waals surface area contributed by atoms with Crippen molar-refractivity contribution in [2.45, 2.75) is 32.9 Å². The van der Waals surface area contributed by atoms with Gasteiger partial charge in [0, 0.05) is 19.0 Å². The fraction of sp³-hybridized carbons (Fsp3) is 0.588. The van der Waals surface area contributed by atoms with Crippen LogP contribution in [0.4, 0.5) is 13.2 Å². The van der Waals surface area contributed by atoms with E-state index in [4.69, 9.17) is 5.73 Å². The van der Waals surface area contributed by atoms with Crippen molar-refractivity contribution in [2.24, 2.45) is 17.1 Å². The Morgan fingerprint density at radius 2 is 2.08 bits per heavy atom. The van der Waals surface area contributed by atoms with Crippen molar-refractivity contribution in [1.82, 2.24) is 4.90 Å². The Morgan fingerprint density at radius 3 is 2.62 bits per heavy atom. The van der Waals surface area contributed by atoms with Crippen LogP contribution in [0.3, 0.4) is 0 Å². The van der Waals surface area contributed by atoms with Crippen molar-refractivity contribution in [3.05, 3.63) is 35.4 Å². The molecule has 7 heteroatoms. The molecule has 1 aromatic carbocycles. The minimum atomic E-state index is -4.36. The Kier molecular flexibility index (Phi) is 6.70. The summed E-state index contributed by atoms with van der Waals surface area (Å²) >= 11 is 0. The molecule has 1 fully saturated rings. The Bertz CT molecular complexity index is 579. The number of amides is 1. The number of alkyl halides is 3. The lowest BCUT2D eigenvalue weighted by atomic mass is 9.90. The van der Waals surface area contributed by atoms with Crippen molar-refractivity contribution in [2.75, 3.05) is 19.6 Å². The van der Waals surface area contributed by atoms with E-state index in [1.165, 1.54) is 6.07 Å². The molecule has 1 aliphatic rings. The molecule has 2 N–H and O–H groups in total.